The summed E-state index contributed by atoms with van der Waals surface area (Å²) in [6.07, 6.45) is 6.92. The highest BCUT2D eigenvalue weighted by Gasteiger charge is 2.21. The van der Waals surface area contributed by atoms with Crippen LogP contribution in [-0.2, 0) is 12.8 Å². The van der Waals surface area contributed by atoms with Gasteiger partial charge in [-0.05, 0) is 73.6 Å². The van der Waals surface area contributed by atoms with Gasteiger partial charge in [0, 0.05) is 34.6 Å². The Morgan fingerprint density at radius 2 is 2.08 bits per heavy atom. The van der Waals surface area contributed by atoms with Gasteiger partial charge in [0.1, 0.15) is 0 Å². The zero-order valence-electron chi connectivity index (χ0n) is 14.7. The highest BCUT2D eigenvalue weighted by Crippen LogP contribution is 2.32. The summed E-state index contributed by atoms with van der Waals surface area (Å²) >= 11 is 0. The van der Waals surface area contributed by atoms with Crippen LogP contribution in [0.2, 0.25) is 0 Å². The van der Waals surface area contributed by atoms with E-state index in [-0.39, 0.29) is 11.9 Å². The minimum atomic E-state index is -0.0497. The Morgan fingerprint density at radius 3 is 2.88 bits per heavy atom. The van der Waals surface area contributed by atoms with Crippen molar-refractivity contribution in [3.05, 3.63) is 65.1 Å². The van der Waals surface area contributed by atoms with Gasteiger partial charge in [-0.2, -0.15) is 0 Å². The van der Waals surface area contributed by atoms with E-state index in [1.807, 2.05) is 37.3 Å². The average Bonchev–Trinajstić information content (AvgIpc) is 2.99. The first-order valence-corrected chi connectivity index (χ1v) is 8.96. The number of nitrogens with zero attached hydrogens (tertiary/aromatic N) is 1. The summed E-state index contributed by atoms with van der Waals surface area (Å²) in [4.78, 5) is 20.2. The fourth-order valence-electron chi connectivity index (χ4n) is 3.75. The number of aromatic amines is 1. The van der Waals surface area contributed by atoms with Crippen molar-refractivity contribution in [2.45, 2.75) is 39.2 Å². The van der Waals surface area contributed by atoms with Crippen LogP contribution in [0.15, 0.2) is 42.7 Å². The summed E-state index contributed by atoms with van der Waals surface area (Å²) in [7, 11) is 0. The van der Waals surface area contributed by atoms with Gasteiger partial charge in [-0.3, -0.25) is 9.78 Å². The van der Waals surface area contributed by atoms with Gasteiger partial charge in [-0.15, -0.1) is 0 Å². The molecule has 0 spiro atoms. The molecule has 0 bridgehead atoms. The van der Waals surface area contributed by atoms with Crippen molar-refractivity contribution in [3.63, 3.8) is 0 Å². The molecular weight excluding hydrogens is 310 g/mol. The number of carbonyl (C=O) groups is 1. The molecule has 2 heterocycles. The van der Waals surface area contributed by atoms with Gasteiger partial charge < -0.3 is 10.3 Å². The topological polar surface area (TPSA) is 57.8 Å². The third-order valence-corrected chi connectivity index (χ3v) is 5.25. The van der Waals surface area contributed by atoms with E-state index in [2.05, 4.69) is 22.2 Å². The summed E-state index contributed by atoms with van der Waals surface area (Å²) in [5.74, 6) is 0.667. The molecular formula is C21H23N3O. The molecule has 0 saturated carbocycles. The SMILES string of the molecule is CC1CCc2[nH]c3ccc(C(=O)NC(C)c4ccncc4)cc3c2C1. The zero-order valence-corrected chi connectivity index (χ0v) is 14.7. The number of hydrogen-bond acceptors (Lipinski definition) is 2. The molecule has 4 rings (SSSR count). The Kier molecular flexibility index (Phi) is 4.04. The largest absolute Gasteiger partial charge is 0.358 e. The Bertz CT molecular complexity index is 914. The average molecular weight is 333 g/mol. The summed E-state index contributed by atoms with van der Waals surface area (Å²) in [6.45, 7) is 4.29. The number of H-pyrrole nitrogens is 1. The van der Waals surface area contributed by atoms with Crippen molar-refractivity contribution < 1.29 is 4.79 Å². The monoisotopic (exact) mass is 333 g/mol. The maximum absolute atomic E-state index is 12.7. The van der Waals surface area contributed by atoms with Crippen molar-refractivity contribution >= 4 is 16.8 Å². The number of pyridine rings is 1. The Balaban J connectivity index is 1.61. The lowest BCUT2D eigenvalue weighted by Crippen LogP contribution is -2.26. The Labute approximate surface area is 147 Å². The number of hydrogen-bond donors (Lipinski definition) is 2. The van der Waals surface area contributed by atoms with Crippen LogP contribution in [0.3, 0.4) is 0 Å². The first kappa shape index (κ1) is 15.9. The van der Waals surface area contributed by atoms with Crippen molar-refractivity contribution in [1.82, 2.24) is 15.3 Å². The Hall–Kier alpha value is -2.62. The minimum Gasteiger partial charge on any atom is -0.358 e. The number of amides is 1. The second-order valence-corrected chi connectivity index (χ2v) is 7.17. The first-order chi connectivity index (χ1) is 12.1. The minimum absolute atomic E-state index is 0.0370. The van der Waals surface area contributed by atoms with E-state index in [9.17, 15) is 4.79 Å². The molecule has 2 N–H and O–H groups in total. The maximum atomic E-state index is 12.7. The molecule has 0 fully saturated rings. The third kappa shape index (κ3) is 3.04. The van der Waals surface area contributed by atoms with Crippen LogP contribution >= 0.6 is 0 Å². The lowest BCUT2D eigenvalue weighted by atomic mass is 9.87. The molecule has 3 aromatic rings. The molecule has 2 unspecified atom stereocenters. The molecule has 1 aromatic carbocycles. The Morgan fingerprint density at radius 1 is 1.28 bits per heavy atom. The van der Waals surface area contributed by atoms with Gasteiger partial charge in [-0.25, -0.2) is 0 Å². The number of carbonyl (C=O) groups excluding carboxylic acids is 1. The molecule has 0 aliphatic heterocycles. The zero-order chi connectivity index (χ0) is 17.4. The lowest BCUT2D eigenvalue weighted by molar-refractivity contribution is 0.0940. The fraction of sp³-hybridized carbons (Fsp3) is 0.333. The number of fused-ring (bicyclic) bond motifs is 3. The van der Waals surface area contributed by atoms with Gasteiger partial charge in [-0.1, -0.05) is 6.92 Å². The van der Waals surface area contributed by atoms with E-state index >= 15 is 0 Å². The number of rotatable bonds is 3. The van der Waals surface area contributed by atoms with Gasteiger partial charge in [0.15, 0.2) is 0 Å². The third-order valence-electron chi connectivity index (χ3n) is 5.25. The molecule has 1 amide bonds. The number of aryl methyl sites for hydroxylation is 1. The number of benzene rings is 1. The lowest BCUT2D eigenvalue weighted by Gasteiger charge is -2.18. The normalized spacial score (nSPS) is 17.9. The molecule has 0 saturated heterocycles. The fourth-order valence-corrected chi connectivity index (χ4v) is 3.75. The first-order valence-electron chi connectivity index (χ1n) is 8.96. The molecule has 2 atom stereocenters. The summed E-state index contributed by atoms with van der Waals surface area (Å²) in [6, 6.07) is 9.78. The van der Waals surface area contributed by atoms with Crippen LogP contribution in [0.4, 0.5) is 0 Å². The van der Waals surface area contributed by atoms with E-state index in [0.717, 1.165) is 23.9 Å². The van der Waals surface area contributed by atoms with Gasteiger partial charge in [0.05, 0.1) is 6.04 Å². The van der Waals surface area contributed by atoms with E-state index in [1.54, 1.807) is 12.4 Å². The van der Waals surface area contributed by atoms with Crippen LogP contribution in [0.1, 0.15) is 53.5 Å². The van der Waals surface area contributed by atoms with Gasteiger partial charge in [0.2, 0.25) is 0 Å². The molecule has 1 aliphatic carbocycles. The van der Waals surface area contributed by atoms with Crippen LogP contribution in [0.25, 0.3) is 10.9 Å². The quantitative estimate of drug-likeness (QED) is 0.755. The van der Waals surface area contributed by atoms with Gasteiger partial charge in [0.25, 0.3) is 5.91 Å². The van der Waals surface area contributed by atoms with Crippen LogP contribution in [-0.4, -0.2) is 15.9 Å². The van der Waals surface area contributed by atoms with E-state index in [0.29, 0.717) is 11.5 Å². The van der Waals surface area contributed by atoms with Gasteiger partial charge >= 0.3 is 0 Å². The van der Waals surface area contributed by atoms with Crippen LogP contribution < -0.4 is 5.32 Å². The van der Waals surface area contributed by atoms with Crippen molar-refractivity contribution in [2.75, 3.05) is 0 Å². The molecule has 2 aromatic heterocycles. The highest BCUT2D eigenvalue weighted by atomic mass is 16.1. The summed E-state index contributed by atoms with van der Waals surface area (Å²) < 4.78 is 0. The van der Waals surface area contributed by atoms with Crippen LogP contribution in [0.5, 0.6) is 0 Å². The molecule has 128 valence electrons. The second kappa shape index (κ2) is 6.36. The molecule has 1 aliphatic rings. The van der Waals surface area contributed by atoms with Crippen molar-refractivity contribution in [3.8, 4) is 0 Å². The second-order valence-electron chi connectivity index (χ2n) is 7.17. The predicted molar refractivity (Wildman–Crippen MR) is 99.6 cm³/mol. The number of aromatic nitrogens is 2. The smallest absolute Gasteiger partial charge is 0.251 e. The highest BCUT2D eigenvalue weighted by molar-refractivity contribution is 5.99. The van der Waals surface area contributed by atoms with E-state index in [1.165, 1.54) is 23.1 Å². The molecule has 25 heavy (non-hydrogen) atoms. The molecule has 0 radical (unpaired) electrons. The predicted octanol–water partition coefficient (Wildman–Crippen LogP) is 4.18. The number of nitrogens with one attached hydrogen (secondary N) is 2. The standard InChI is InChI=1S/C21H23N3O/c1-13-3-5-19-17(11-13)18-12-16(4-6-20(18)24-19)21(25)23-14(2)15-7-9-22-10-8-15/h4,6-10,12-14,24H,3,5,11H2,1-2H3,(H,23,25). The van der Waals surface area contributed by atoms with E-state index in [4.69, 9.17) is 0 Å². The van der Waals surface area contributed by atoms with Crippen LogP contribution in [0, 0.1) is 5.92 Å². The summed E-state index contributed by atoms with van der Waals surface area (Å²) in [5.41, 5.74) is 5.64. The molecule has 4 heteroatoms. The molecule has 4 nitrogen and oxygen atoms in total. The van der Waals surface area contributed by atoms with Crippen molar-refractivity contribution in [2.24, 2.45) is 5.92 Å². The van der Waals surface area contributed by atoms with E-state index < -0.39 is 0 Å². The summed E-state index contributed by atoms with van der Waals surface area (Å²) in [5, 5.41) is 4.28. The van der Waals surface area contributed by atoms with Crippen molar-refractivity contribution in [1.29, 1.82) is 0 Å². The maximum Gasteiger partial charge on any atom is 0.251 e.